The van der Waals surface area contributed by atoms with Gasteiger partial charge in [0, 0.05) is 22.9 Å². The van der Waals surface area contributed by atoms with Gasteiger partial charge < -0.3 is 20.3 Å². The van der Waals surface area contributed by atoms with Crippen molar-refractivity contribution in [1.82, 2.24) is 0 Å². The van der Waals surface area contributed by atoms with Crippen molar-refractivity contribution in [3.05, 3.63) is 47.5 Å². The number of fused-ring (bicyclic) bond motifs is 1. The maximum absolute atomic E-state index is 12.2. The second-order valence-electron chi connectivity index (χ2n) is 6.31. The predicted octanol–water partition coefficient (Wildman–Crippen LogP) is 4.90. The Kier molecular flexibility index (Phi) is 6.19. The maximum atomic E-state index is 12.2. The molecular weight excluding hydrogens is 366 g/mol. The summed E-state index contributed by atoms with van der Waals surface area (Å²) >= 11 is 5.93. The quantitative estimate of drug-likeness (QED) is 0.692. The summed E-state index contributed by atoms with van der Waals surface area (Å²) in [6.45, 7) is 2.80. The molecule has 0 aromatic heterocycles. The number of halogens is 1. The smallest absolute Gasteiger partial charge is 0.323 e. The lowest BCUT2D eigenvalue weighted by molar-refractivity contribution is -0.121. The molecular formula is C20H22ClN3O3. The van der Waals surface area contributed by atoms with Crippen LogP contribution in [-0.4, -0.2) is 25.1 Å². The standard InChI is InChI=1S/C20H22ClN3O3/c1-2-3-4-10-24-17-12-16(8-9-18(17)27-13-19(24)25)23-20(26)22-15-7-5-6-14(21)11-15/h5-9,11-12H,2-4,10,13H2,1H3,(H2,22,23,26). The van der Waals surface area contributed by atoms with Gasteiger partial charge in [0.25, 0.3) is 5.91 Å². The van der Waals surface area contributed by atoms with Gasteiger partial charge in [0.15, 0.2) is 6.61 Å². The molecule has 0 aliphatic carbocycles. The zero-order valence-electron chi connectivity index (χ0n) is 15.1. The highest BCUT2D eigenvalue weighted by molar-refractivity contribution is 6.30. The Balaban J connectivity index is 1.72. The largest absolute Gasteiger partial charge is 0.482 e. The topological polar surface area (TPSA) is 70.7 Å². The molecule has 0 spiro atoms. The molecule has 3 amide bonds. The van der Waals surface area contributed by atoms with Crippen LogP contribution in [0.4, 0.5) is 21.9 Å². The third-order valence-corrected chi connectivity index (χ3v) is 4.46. The van der Waals surface area contributed by atoms with Gasteiger partial charge in [0.05, 0.1) is 5.69 Å². The van der Waals surface area contributed by atoms with Crippen LogP contribution < -0.4 is 20.3 Å². The number of carbonyl (C=O) groups excluding carboxylic acids is 2. The summed E-state index contributed by atoms with van der Waals surface area (Å²) in [7, 11) is 0. The first-order chi connectivity index (χ1) is 13.1. The van der Waals surface area contributed by atoms with Crippen LogP contribution in [0.1, 0.15) is 26.2 Å². The van der Waals surface area contributed by atoms with Gasteiger partial charge in [-0.1, -0.05) is 37.4 Å². The second kappa shape index (κ2) is 8.77. The lowest BCUT2D eigenvalue weighted by atomic mass is 10.1. The third kappa shape index (κ3) is 4.92. The van der Waals surface area contributed by atoms with E-state index in [1.165, 1.54) is 0 Å². The molecule has 7 heteroatoms. The van der Waals surface area contributed by atoms with Crippen LogP contribution >= 0.6 is 11.6 Å². The molecule has 0 saturated carbocycles. The van der Waals surface area contributed by atoms with E-state index < -0.39 is 6.03 Å². The first kappa shape index (κ1) is 19.0. The molecule has 1 aliphatic heterocycles. The molecule has 0 atom stereocenters. The van der Waals surface area contributed by atoms with Crippen LogP contribution in [0.15, 0.2) is 42.5 Å². The number of amides is 3. The molecule has 3 rings (SSSR count). The Hall–Kier alpha value is -2.73. The Labute approximate surface area is 163 Å². The van der Waals surface area contributed by atoms with Crippen LogP contribution in [0, 0.1) is 0 Å². The van der Waals surface area contributed by atoms with Crippen LogP contribution in [0.25, 0.3) is 0 Å². The summed E-state index contributed by atoms with van der Waals surface area (Å²) in [4.78, 5) is 26.2. The van der Waals surface area contributed by atoms with Crippen LogP contribution in [0.5, 0.6) is 5.75 Å². The first-order valence-corrected chi connectivity index (χ1v) is 9.35. The number of hydrogen-bond acceptors (Lipinski definition) is 3. The Morgan fingerprint density at radius 1 is 1.15 bits per heavy atom. The SMILES string of the molecule is CCCCCN1C(=O)COc2ccc(NC(=O)Nc3cccc(Cl)c3)cc21. The minimum absolute atomic E-state index is 0.0428. The molecule has 2 N–H and O–H groups in total. The van der Waals surface area contributed by atoms with Crippen LogP contribution in [0.2, 0.25) is 5.02 Å². The fourth-order valence-electron chi connectivity index (χ4n) is 2.90. The molecule has 1 aliphatic rings. The van der Waals surface area contributed by atoms with Gasteiger partial charge in [0.1, 0.15) is 5.75 Å². The number of nitrogens with zero attached hydrogens (tertiary/aromatic N) is 1. The van der Waals surface area contributed by atoms with Crippen molar-refractivity contribution in [1.29, 1.82) is 0 Å². The lowest BCUT2D eigenvalue weighted by Crippen LogP contribution is -2.39. The summed E-state index contributed by atoms with van der Waals surface area (Å²) in [5.41, 5.74) is 1.85. The highest BCUT2D eigenvalue weighted by Gasteiger charge is 2.25. The van der Waals surface area contributed by atoms with Gasteiger partial charge in [-0.15, -0.1) is 0 Å². The maximum Gasteiger partial charge on any atom is 0.323 e. The monoisotopic (exact) mass is 387 g/mol. The predicted molar refractivity (Wildman–Crippen MR) is 108 cm³/mol. The fraction of sp³-hybridized carbons (Fsp3) is 0.300. The van der Waals surface area contributed by atoms with Crippen molar-refractivity contribution >= 4 is 40.6 Å². The lowest BCUT2D eigenvalue weighted by Gasteiger charge is -2.29. The number of unbranched alkanes of at least 4 members (excludes halogenated alkanes) is 2. The van der Waals surface area contributed by atoms with Crippen molar-refractivity contribution in [2.75, 3.05) is 28.7 Å². The van der Waals surface area contributed by atoms with Crippen molar-refractivity contribution in [3.63, 3.8) is 0 Å². The highest BCUT2D eigenvalue weighted by Crippen LogP contribution is 2.34. The molecule has 0 saturated heterocycles. The molecule has 6 nitrogen and oxygen atoms in total. The van der Waals surface area contributed by atoms with E-state index in [-0.39, 0.29) is 12.5 Å². The first-order valence-electron chi connectivity index (χ1n) is 8.97. The van der Waals surface area contributed by atoms with E-state index in [0.717, 1.165) is 19.3 Å². The number of urea groups is 1. The average Bonchev–Trinajstić information content (AvgIpc) is 2.63. The summed E-state index contributed by atoms with van der Waals surface area (Å²) in [6.07, 6.45) is 3.06. The van der Waals surface area contributed by atoms with E-state index in [1.807, 2.05) is 0 Å². The average molecular weight is 388 g/mol. The van der Waals surface area contributed by atoms with Crippen molar-refractivity contribution in [2.24, 2.45) is 0 Å². The van der Waals surface area contributed by atoms with Gasteiger partial charge >= 0.3 is 6.03 Å². The molecule has 0 radical (unpaired) electrons. The Morgan fingerprint density at radius 3 is 2.67 bits per heavy atom. The number of rotatable bonds is 6. The van der Waals surface area contributed by atoms with E-state index in [0.29, 0.717) is 34.4 Å². The van der Waals surface area contributed by atoms with Gasteiger partial charge in [0.2, 0.25) is 0 Å². The number of hydrogen-bond donors (Lipinski definition) is 2. The number of nitrogens with one attached hydrogen (secondary N) is 2. The van der Waals surface area contributed by atoms with E-state index in [2.05, 4.69) is 17.6 Å². The van der Waals surface area contributed by atoms with Crippen molar-refractivity contribution in [2.45, 2.75) is 26.2 Å². The Bertz CT molecular complexity index is 841. The minimum atomic E-state index is -0.391. The van der Waals surface area contributed by atoms with E-state index in [4.69, 9.17) is 16.3 Å². The van der Waals surface area contributed by atoms with E-state index in [9.17, 15) is 9.59 Å². The molecule has 2 aromatic rings. The van der Waals surface area contributed by atoms with Crippen LogP contribution in [0.3, 0.4) is 0 Å². The van der Waals surface area contributed by atoms with Gasteiger partial charge in [-0.3, -0.25) is 4.79 Å². The van der Waals surface area contributed by atoms with E-state index >= 15 is 0 Å². The molecule has 27 heavy (non-hydrogen) atoms. The number of carbonyl (C=O) groups is 2. The zero-order valence-corrected chi connectivity index (χ0v) is 15.9. The van der Waals surface area contributed by atoms with E-state index in [1.54, 1.807) is 47.4 Å². The number of benzene rings is 2. The highest BCUT2D eigenvalue weighted by atomic mass is 35.5. The minimum Gasteiger partial charge on any atom is -0.482 e. The Morgan fingerprint density at radius 2 is 1.93 bits per heavy atom. The van der Waals surface area contributed by atoms with Gasteiger partial charge in [-0.05, 0) is 42.8 Å². The molecule has 1 heterocycles. The summed E-state index contributed by atoms with van der Waals surface area (Å²) in [5, 5.41) is 6.04. The number of anilines is 3. The van der Waals surface area contributed by atoms with Crippen molar-refractivity contribution < 1.29 is 14.3 Å². The fourth-order valence-corrected chi connectivity index (χ4v) is 3.09. The van der Waals surface area contributed by atoms with Gasteiger partial charge in [-0.25, -0.2) is 4.79 Å². The normalized spacial score (nSPS) is 13.0. The summed E-state index contributed by atoms with van der Waals surface area (Å²) < 4.78 is 5.51. The second-order valence-corrected chi connectivity index (χ2v) is 6.75. The zero-order chi connectivity index (χ0) is 19.2. The van der Waals surface area contributed by atoms with Gasteiger partial charge in [-0.2, -0.15) is 0 Å². The molecule has 2 aromatic carbocycles. The molecule has 0 bridgehead atoms. The summed E-state index contributed by atoms with van der Waals surface area (Å²) in [5.74, 6) is 0.575. The molecule has 0 unspecified atom stereocenters. The summed E-state index contributed by atoms with van der Waals surface area (Å²) in [6, 6.07) is 11.8. The molecule has 142 valence electrons. The third-order valence-electron chi connectivity index (χ3n) is 4.23. The number of ether oxygens (including phenoxy) is 1. The van der Waals surface area contributed by atoms with Crippen molar-refractivity contribution in [3.8, 4) is 5.75 Å². The van der Waals surface area contributed by atoms with Crippen LogP contribution in [-0.2, 0) is 4.79 Å². The molecule has 0 fully saturated rings.